The highest BCUT2D eigenvalue weighted by Gasteiger charge is 2.40. The molecule has 1 atom stereocenters. The van der Waals surface area contributed by atoms with Gasteiger partial charge in [0.1, 0.15) is 0 Å². The van der Waals surface area contributed by atoms with E-state index in [1.165, 1.54) is 32.2 Å². The van der Waals surface area contributed by atoms with Crippen molar-refractivity contribution in [2.24, 2.45) is 0 Å². The smallest absolute Gasteiger partial charge is 0.0330 e. The first-order chi connectivity index (χ1) is 8.66. The average Bonchev–Trinajstić information content (AvgIpc) is 2.20. The van der Waals surface area contributed by atoms with Crippen LogP contribution < -0.4 is 5.32 Å². The van der Waals surface area contributed by atoms with Crippen LogP contribution in [0.3, 0.4) is 0 Å². The molecule has 1 aliphatic rings. The molecule has 0 amide bonds. The van der Waals surface area contributed by atoms with Gasteiger partial charge in [-0.1, -0.05) is 0 Å². The topological polar surface area (TPSA) is 18.5 Å². The van der Waals surface area contributed by atoms with Gasteiger partial charge >= 0.3 is 0 Å². The van der Waals surface area contributed by atoms with Gasteiger partial charge in [-0.15, -0.1) is 0 Å². The van der Waals surface area contributed by atoms with Crippen molar-refractivity contribution in [3.05, 3.63) is 0 Å². The second-order valence-corrected chi connectivity index (χ2v) is 7.70. The Labute approximate surface area is 120 Å². The summed E-state index contributed by atoms with van der Waals surface area (Å²) in [4.78, 5) is 4.98. The van der Waals surface area contributed by atoms with Gasteiger partial charge in [-0.25, -0.2) is 0 Å². The van der Waals surface area contributed by atoms with Crippen LogP contribution in [0.1, 0.15) is 53.4 Å². The van der Waals surface area contributed by atoms with Crippen LogP contribution >= 0.6 is 0 Å². The summed E-state index contributed by atoms with van der Waals surface area (Å²) in [6.45, 7) is 11.4. The normalized spacial score (nSPS) is 20.7. The van der Waals surface area contributed by atoms with E-state index in [2.05, 4.69) is 64.0 Å². The van der Waals surface area contributed by atoms with Crippen LogP contribution in [0, 0.1) is 0 Å². The van der Waals surface area contributed by atoms with Gasteiger partial charge in [0.2, 0.25) is 0 Å². The van der Waals surface area contributed by atoms with Crippen LogP contribution in [-0.2, 0) is 0 Å². The first kappa shape index (κ1) is 16.9. The summed E-state index contributed by atoms with van der Waals surface area (Å²) in [6, 6.07) is 0.646. The summed E-state index contributed by atoms with van der Waals surface area (Å²) in [5, 5.41) is 3.58. The van der Waals surface area contributed by atoms with Gasteiger partial charge in [0.05, 0.1) is 0 Å². The fourth-order valence-corrected chi connectivity index (χ4v) is 2.83. The Kier molecular flexibility index (Phi) is 5.84. The summed E-state index contributed by atoms with van der Waals surface area (Å²) in [5.74, 6) is 0. The standard InChI is InChI=1S/C16H35N3/c1-14(9-12-17-15(2,3)4)19(7)13-16(18(5)6)10-8-11-16/h14,17H,8-13H2,1-7H3. The fourth-order valence-electron chi connectivity index (χ4n) is 2.83. The lowest BCUT2D eigenvalue weighted by atomic mass is 9.75. The van der Waals surface area contributed by atoms with E-state index in [0.717, 1.165) is 6.54 Å². The molecule has 1 aliphatic carbocycles. The highest BCUT2D eigenvalue weighted by molar-refractivity contribution is 4.98. The van der Waals surface area contributed by atoms with Crippen molar-refractivity contribution in [2.75, 3.05) is 34.2 Å². The molecule has 1 N–H and O–H groups in total. The van der Waals surface area contributed by atoms with Gasteiger partial charge in [0, 0.05) is 23.7 Å². The van der Waals surface area contributed by atoms with Crippen molar-refractivity contribution in [3.63, 3.8) is 0 Å². The van der Waals surface area contributed by atoms with E-state index in [-0.39, 0.29) is 5.54 Å². The molecule has 0 aromatic heterocycles. The number of nitrogens with zero attached hydrogens (tertiary/aromatic N) is 2. The van der Waals surface area contributed by atoms with Crippen LogP contribution in [0.25, 0.3) is 0 Å². The van der Waals surface area contributed by atoms with Gasteiger partial charge in [-0.3, -0.25) is 0 Å². The molecule has 0 radical (unpaired) electrons. The SMILES string of the molecule is CC(CCNC(C)(C)C)N(C)CC1(N(C)C)CCC1. The highest BCUT2D eigenvalue weighted by Crippen LogP contribution is 2.36. The summed E-state index contributed by atoms with van der Waals surface area (Å²) in [7, 11) is 6.75. The second kappa shape index (κ2) is 6.55. The predicted octanol–water partition coefficient (Wildman–Crippen LogP) is 2.57. The molecule has 0 saturated heterocycles. The zero-order valence-electron chi connectivity index (χ0n) is 14.2. The zero-order chi connectivity index (χ0) is 14.7. The van der Waals surface area contributed by atoms with Crippen LogP contribution in [0.5, 0.6) is 0 Å². The second-order valence-electron chi connectivity index (χ2n) is 7.70. The first-order valence-electron chi connectivity index (χ1n) is 7.79. The first-order valence-corrected chi connectivity index (χ1v) is 7.79. The minimum absolute atomic E-state index is 0.233. The number of likely N-dealkylation sites (N-methyl/N-ethyl adjacent to an activating group) is 2. The van der Waals surface area contributed by atoms with Crippen molar-refractivity contribution in [3.8, 4) is 0 Å². The predicted molar refractivity (Wildman–Crippen MR) is 84.7 cm³/mol. The molecule has 1 fully saturated rings. The molecule has 0 aliphatic heterocycles. The molecular formula is C16H35N3. The molecule has 0 spiro atoms. The number of hydrogen-bond donors (Lipinski definition) is 1. The van der Waals surface area contributed by atoms with Crippen LogP contribution in [0.4, 0.5) is 0 Å². The summed E-state index contributed by atoms with van der Waals surface area (Å²) in [6.07, 6.45) is 5.33. The molecule has 0 aromatic rings. The monoisotopic (exact) mass is 269 g/mol. The Morgan fingerprint density at radius 3 is 2.11 bits per heavy atom. The van der Waals surface area contributed by atoms with Gasteiger partial charge in [-0.05, 0) is 81.1 Å². The van der Waals surface area contributed by atoms with Gasteiger partial charge in [0.25, 0.3) is 0 Å². The Hall–Kier alpha value is -0.120. The summed E-state index contributed by atoms with van der Waals surface area (Å²) in [5.41, 5.74) is 0.678. The third-order valence-corrected chi connectivity index (χ3v) is 4.75. The third kappa shape index (κ3) is 5.05. The molecule has 1 saturated carbocycles. The van der Waals surface area contributed by atoms with Crippen molar-refractivity contribution in [1.82, 2.24) is 15.1 Å². The van der Waals surface area contributed by atoms with Crippen molar-refractivity contribution < 1.29 is 0 Å². The zero-order valence-corrected chi connectivity index (χ0v) is 14.2. The van der Waals surface area contributed by atoms with Gasteiger partial charge < -0.3 is 15.1 Å². The Balaban J connectivity index is 2.34. The summed E-state index contributed by atoms with van der Waals surface area (Å²) < 4.78 is 0. The minimum atomic E-state index is 0.233. The average molecular weight is 269 g/mol. The molecule has 19 heavy (non-hydrogen) atoms. The Morgan fingerprint density at radius 2 is 1.74 bits per heavy atom. The molecule has 0 heterocycles. The molecule has 1 rings (SSSR count). The lowest BCUT2D eigenvalue weighted by Crippen LogP contribution is -2.58. The maximum absolute atomic E-state index is 3.58. The molecular weight excluding hydrogens is 234 g/mol. The quantitative estimate of drug-likeness (QED) is 0.766. The van der Waals surface area contributed by atoms with E-state index in [9.17, 15) is 0 Å². The third-order valence-electron chi connectivity index (χ3n) is 4.75. The van der Waals surface area contributed by atoms with E-state index in [4.69, 9.17) is 0 Å². The van der Waals surface area contributed by atoms with Crippen molar-refractivity contribution >= 4 is 0 Å². The van der Waals surface area contributed by atoms with E-state index in [0.29, 0.717) is 11.6 Å². The maximum atomic E-state index is 3.58. The fraction of sp³-hybridized carbons (Fsp3) is 1.00. The van der Waals surface area contributed by atoms with Gasteiger partial charge in [-0.2, -0.15) is 0 Å². The summed E-state index contributed by atoms with van der Waals surface area (Å²) >= 11 is 0. The van der Waals surface area contributed by atoms with E-state index in [1.54, 1.807) is 0 Å². The van der Waals surface area contributed by atoms with E-state index in [1.807, 2.05) is 0 Å². The van der Waals surface area contributed by atoms with Crippen LogP contribution in [0.2, 0.25) is 0 Å². The molecule has 3 nitrogen and oxygen atoms in total. The number of nitrogens with one attached hydrogen (secondary N) is 1. The number of hydrogen-bond acceptors (Lipinski definition) is 3. The van der Waals surface area contributed by atoms with Crippen molar-refractivity contribution in [2.45, 2.75) is 70.5 Å². The number of rotatable bonds is 7. The Morgan fingerprint density at radius 1 is 1.16 bits per heavy atom. The molecule has 1 unspecified atom stereocenters. The highest BCUT2D eigenvalue weighted by atomic mass is 15.2. The van der Waals surface area contributed by atoms with Crippen LogP contribution in [-0.4, -0.2) is 61.2 Å². The minimum Gasteiger partial charge on any atom is -0.312 e. The molecule has 0 bridgehead atoms. The van der Waals surface area contributed by atoms with E-state index < -0.39 is 0 Å². The Bertz CT molecular complexity index is 264. The lowest BCUT2D eigenvalue weighted by molar-refractivity contribution is 0.0171. The maximum Gasteiger partial charge on any atom is 0.0330 e. The lowest BCUT2D eigenvalue weighted by Gasteiger charge is -2.50. The van der Waals surface area contributed by atoms with E-state index >= 15 is 0 Å². The van der Waals surface area contributed by atoms with Crippen LogP contribution in [0.15, 0.2) is 0 Å². The molecule has 0 aromatic carbocycles. The molecule has 114 valence electrons. The van der Waals surface area contributed by atoms with Gasteiger partial charge in [0.15, 0.2) is 0 Å². The molecule has 3 heteroatoms. The van der Waals surface area contributed by atoms with Crippen molar-refractivity contribution in [1.29, 1.82) is 0 Å². The largest absolute Gasteiger partial charge is 0.312 e.